The number of carbonyl (C=O) groups is 1. The van der Waals surface area contributed by atoms with Crippen molar-refractivity contribution in [2.75, 3.05) is 13.7 Å². The van der Waals surface area contributed by atoms with Crippen molar-refractivity contribution in [1.82, 2.24) is 24.5 Å². The SMILES string of the molecule is CCOc1nn(CC)cc1-c1nnc(SCc2ccc(C(=O)OC)o2)n1C. The van der Waals surface area contributed by atoms with Gasteiger partial charge in [0.1, 0.15) is 11.3 Å². The second-order valence-electron chi connectivity index (χ2n) is 5.55. The summed E-state index contributed by atoms with van der Waals surface area (Å²) >= 11 is 1.46. The van der Waals surface area contributed by atoms with E-state index in [2.05, 4.69) is 20.0 Å². The summed E-state index contributed by atoms with van der Waals surface area (Å²) in [7, 11) is 3.20. The lowest BCUT2D eigenvalue weighted by Crippen LogP contribution is -1.98. The van der Waals surface area contributed by atoms with Gasteiger partial charge in [-0.15, -0.1) is 15.3 Å². The Bertz CT molecular complexity index is 930. The average molecular weight is 391 g/mol. The number of rotatable bonds is 8. The predicted octanol–water partition coefficient (Wildman–Crippen LogP) is 2.77. The highest BCUT2D eigenvalue weighted by atomic mass is 32.2. The molecule has 3 aromatic rings. The number of furan rings is 1. The van der Waals surface area contributed by atoms with Crippen molar-refractivity contribution in [2.45, 2.75) is 31.3 Å². The molecule has 9 nitrogen and oxygen atoms in total. The van der Waals surface area contributed by atoms with Gasteiger partial charge in [0.25, 0.3) is 0 Å². The number of aryl methyl sites for hydroxylation is 1. The van der Waals surface area contributed by atoms with Gasteiger partial charge >= 0.3 is 5.97 Å². The van der Waals surface area contributed by atoms with E-state index in [4.69, 9.17) is 9.15 Å². The molecule has 0 bridgehead atoms. The molecule has 0 unspecified atom stereocenters. The Morgan fingerprint density at radius 2 is 2.11 bits per heavy atom. The first kappa shape index (κ1) is 19.0. The predicted molar refractivity (Wildman–Crippen MR) is 98.7 cm³/mol. The zero-order valence-corrected chi connectivity index (χ0v) is 16.4. The monoisotopic (exact) mass is 391 g/mol. The molecule has 0 aliphatic rings. The van der Waals surface area contributed by atoms with Gasteiger partial charge in [0.2, 0.25) is 11.6 Å². The highest BCUT2D eigenvalue weighted by Crippen LogP contribution is 2.30. The molecule has 144 valence electrons. The maximum absolute atomic E-state index is 11.5. The maximum atomic E-state index is 11.5. The number of ether oxygens (including phenoxy) is 2. The van der Waals surface area contributed by atoms with Crippen LogP contribution in [-0.4, -0.2) is 44.2 Å². The Hall–Kier alpha value is -2.75. The molecular formula is C17H21N5O4S. The maximum Gasteiger partial charge on any atom is 0.373 e. The smallest absolute Gasteiger partial charge is 0.373 e. The van der Waals surface area contributed by atoms with Crippen LogP contribution >= 0.6 is 11.8 Å². The van der Waals surface area contributed by atoms with Crippen LogP contribution in [0.3, 0.4) is 0 Å². The van der Waals surface area contributed by atoms with Crippen molar-refractivity contribution in [1.29, 1.82) is 0 Å². The Kier molecular flexibility index (Phi) is 5.84. The van der Waals surface area contributed by atoms with Crippen LogP contribution in [0.5, 0.6) is 5.88 Å². The molecule has 0 radical (unpaired) electrons. The number of methoxy groups -OCH3 is 1. The Morgan fingerprint density at radius 1 is 1.30 bits per heavy atom. The van der Waals surface area contributed by atoms with Gasteiger partial charge in [-0.1, -0.05) is 11.8 Å². The third kappa shape index (κ3) is 4.00. The molecule has 3 rings (SSSR count). The second kappa shape index (κ2) is 8.30. The summed E-state index contributed by atoms with van der Waals surface area (Å²) in [5, 5.41) is 13.7. The van der Waals surface area contributed by atoms with E-state index in [9.17, 15) is 4.79 Å². The van der Waals surface area contributed by atoms with E-state index in [1.54, 1.807) is 16.8 Å². The van der Waals surface area contributed by atoms with Crippen molar-refractivity contribution in [3.63, 3.8) is 0 Å². The molecular weight excluding hydrogens is 370 g/mol. The molecule has 10 heteroatoms. The van der Waals surface area contributed by atoms with Crippen molar-refractivity contribution in [3.8, 4) is 17.3 Å². The Morgan fingerprint density at radius 3 is 2.81 bits per heavy atom. The lowest BCUT2D eigenvalue weighted by molar-refractivity contribution is 0.0563. The summed E-state index contributed by atoms with van der Waals surface area (Å²) in [5.41, 5.74) is 0.798. The van der Waals surface area contributed by atoms with Gasteiger partial charge in [-0.3, -0.25) is 4.68 Å². The van der Waals surface area contributed by atoms with Crippen LogP contribution in [0.25, 0.3) is 11.4 Å². The Labute approximate surface area is 160 Å². The van der Waals surface area contributed by atoms with Gasteiger partial charge in [-0.05, 0) is 26.0 Å². The molecule has 3 aromatic heterocycles. The van der Waals surface area contributed by atoms with Crippen molar-refractivity contribution < 1.29 is 18.7 Å². The number of nitrogens with zero attached hydrogens (tertiary/aromatic N) is 5. The van der Waals surface area contributed by atoms with Gasteiger partial charge in [0.05, 0.1) is 19.5 Å². The number of esters is 1. The summed E-state index contributed by atoms with van der Waals surface area (Å²) in [5.74, 6) is 2.06. The van der Waals surface area contributed by atoms with E-state index in [0.717, 1.165) is 12.1 Å². The van der Waals surface area contributed by atoms with Gasteiger partial charge in [0, 0.05) is 19.8 Å². The van der Waals surface area contributed by atoms with Crippen LogP contribution in [-0.2, 0) is 24.1 Å². The van der Waals surface area contributed by atoms with Crippen LogP contribution in [0.2, 0.25) is 0 Å². The first-order chi connectivity index (χ1) is 13.1. The van der Waals surface area contributed by atoms with Gasteiger partial charge in [-0.25, -0.2) is 4.79 Å². The standard InChI is InChI=1S/C17H21N5O4S/c1-5-22-9-12(15(20-22)25-6-2)14-18-19-17(21(14)3)27-10-11-7-8-13(26-11)16(23)24-4/h7-9H,5-6,10H2,1-4H3. The number of thioether (sulfide) groups is 1. The Balaban J connectivity index is 1.77. The van der Waals surface area contributed by atoms with Gasteiger partial charge in [-0.2, -0.15) is 0 Å². The fraction of sp³-hybridized carbons (Fsp3) is 0.412. The molecule has 0 N–H and O–H groups in total. The topological polar surface area (TPSA) is 97.2 Å². The van der Waals surface area contributed by atoms with Gasteiger partial charge in [0.15, 0.2) is 11.0 Å². The van der Waals surface area contributed by atoms with E-state index in [1.807, 2.05) is 31.7 Å². The lowest BCUT2D eigenvalue weighted by atomic mass is 10.3. The normalized spacial score (nSPS) is 11.0. The minimum absolute atomic E-state index is 0.181. The van der Waals surface area contributed by atoms with Crippen LogP contribution in [0.4, 0.5) is 0 Å². The van der Waals surface area contributed by atoms with E-state index in [1.165, 1.54) is 18.9 Å². The molecule has 0 saturated heterocycles. The van der Waals surface area contributed by atoms with Crippen LogP contribution in [0, 0.1) is 0 Å². The molecule has 0 saturated carbocycles. The number of hydrogen-bond donors (Lipinski definition) is 0. The molecule has 0 spiro atoms. The van der Waals surface area contributed by atoms with Crippen molar-refractivity contribution >= 4 is 17.7 Å². The molecule has 0 aliphatic heterocycles. The molecule has 0 atom stereocenters. The highest BCUT2D eigenvalue weighted by molar-refractivity contribution is 7.98. The summed E-state index contributed by atoms with van der Waals surface area (Å²) in [4.78, 5) is 11.5. The number of aromatic nitrogens is 5. The van der Waals surface area contributed by atoms with E-state index >= 15 is 0 Å². The summed E-state index contributed by atoms with van der Waals surface area (Å²) < 4.78 is 19.4. The van der Waals surface area contributed by atoms with E-state index in [0.29, 0.717) is 35.0 Å². The fourth-order valence-corrected chi connectivity index (χ4v) is 3.24. The molecule has 0 amide bonds. The minimum atomic E-state index is -0.497. The van der Waals surface area contributed by atoms with Crippen LogP contribution in [0.1, 0.15) is 30.2 Å². The summed E-state index contributed by atoms with van der Waals surface area (Å²) in [6, 6.07) is 3.34. The molecule has 0 fully saturated rings. The number of hydrogen-bond acceptors (Lipinski definition) is 8. The van der Waals surface area contributed by atoms with Crippen molar-refractivity contribution in [2.24, 2.45) is 7.05 Å². The quantitative estimate of drug-likeness (QED) is 0.427. The second-order valence-corrected chi connectivity index (χ2v) is 6.49. The highest BCUT2D eigenvalue weighted by Gasteiger charge is 2.19. The molecule has 0 aliphatic carbocycles. The molecule has 3 heterocycles. The van der Waals surface area contributed by atoms with Crippen LogP contribution < -0.4 is 4.74 Å². The zero-order chi connectivity index (χ0) is 19.4. The first-order valence-corrected chi connectivity index (χ1v) is 9.45. The number of carbonyl (C=O) groups excluding carboxylic acids is 1. The minimum Gasteiger partial charge on any atom is -0.476 e. The molecule has 0 aromatic carbocycles. The third-order valence-corrected chi connectivity index (χ3v) is 4.84. The summed E-state index contributed by atoms with van der Waals surface area (Å²) in [6.07, 6.45) is 1.90. The first-order valence-electron chi connectivity index (χ1n) is 8.47. The summed E-state index contributed by atoms with van der Waals surface area (Å²) in [6.45, 7) is 5.18. The zero-order valence-electron chi connectivity index (χ0n) is 15.6. The van der Waals surface area contributed by atoms with E-state index in [-0.39, 0.29) is 5.76 Å². The average Bonchev–Trinajstić information content (AvgIpc) is 3.38. The molecule has 27 heavy (non-hydrogen) atoms. The largest absolute Gasteiger partial charge is 0.476 e. The lowest BCUT2D eigenvalue weighted by Gasteiger charge is -2.04. The van der Waals surface area contributed by atoms with Crippen molar-refractivity contribution in [3.05, 3.63) is 29.9 Å². The van der Waals surface area contributed by atoms with Crippen LogP contribution in [0.15, 0.2) is 27.9 Å². The fourth-order valence-electron chi connectivity index (χ4n) is 2.44. The van der Waals surface area contributed by atoms with E-state index < -0.39 is 5.97 Å². The third-order valence-electron chi connectivity index (χ3n) is 3.80. The van der Waals surface area contributed by atoms with Gasteiger partial charge < -0.3 is 18.5 Å².